The predicted octanol–water partition coefficient (Wildman–Crippen LogP) is 0.551. The number of rotatable bonds is 15. The van der Waals surface area contributed by atoms with E-state index in [1.807, 2.05) is 13.8 Å². The van der Waals surface area contributed by atoms with Crippen LogP contribution < -0.4 is 0 Å². The summed E-state index contributed by atoms with van der Waals surface area (Å²) in [5.74, 6) is 0. The van der Waals surface area contributed by atoms with Gasteiger partial charge >= 0.3 is 0 Å². The quantitative estimate of drug-likeness (QED) is 0.323. The summed E-state index contributed by atoms with van der Waals surface area (Å²) in [7, 11) is 0. The van der Waals surface area contributed by atoms with E-state index in [-0.39, 0.29) is 0 Å². The molecule has 0 spiro atoms. The molecule has 0 aromatic carbocycles. The lowest BCUT2D eigenvalue weighted by molar-refractivity contribution is -0.119. The normalized spacial score (nSPS) is 10.6. The van der Waals surface area contributed by atoms with Crippen molar-refractivity contribution in [3.05, 3.63) is 0 Å². The molecule has 0 aliphatic rings. The highest BCUT2D eigenvalue weighted by Crippen LogP contribution is 1.87. The molecule has 0 aromatic rings. The van der Waals surface area contributed by atoms with Crippen molar-refractivity contribution in [2.24, 2.45) is 0 Å². The minimum Gasteiger partial charge on any atom is -0.379 e. The lowest BCUT2D eigenvalue weighted by Crippen LogP contribution is -2.30. The maximum atomic E-state index is 10.8. The second kappa shape index (κ2) is 15.4. The zero-order valence-corrected chi connectivity index (χ0v) is 12.1. The summed E-state index contributed by atoms with van der Waals surface area (Å²) < 4.78 is 21.0. The van der Waals surface area contributed by atoms with Crippen LogP contribution in [0.5, 0.6) is 0 Å². The lowest BCUT2D eigenvalue weighted by atomic mass is 10.5. The van der Waals surface area contributed by atoms with E-state index in [0.717, 1.165) is 6.41 Å². The fourth-order valence-electron chi connectivity index (χ4n) is 1.31. The topological polar surface area (TPSA) is 57.2 Å². The number of carbonyl (C=O) groups excluding carboxylic acids is 1. The molecule has 0 heterocycles. The molecule has 1 amide bonds. The number of ether oxygens (including phenoxy) is 4. The third-order valence-electron chi connectivity index (χ3n) is 2.35. The van der Waals surface area contributed by atoms with Gasteiger partial charge in [0.1, 0.15) is 0 Å². The standard InChI is InChI=1S/C13H27NO5/c1-3-16-9-11-18-7-5-14(13-15)6-8-19-12-10-17-4-2/h13H,3-12H2,1-2H3. The number of carbonyl (C=O) groups is 1. The van der Waals surface area contributed by atoms with Crippen LogP contribution in [0.2, 0.25) is 0 Å². The monoisotopic (exact) mass is 277 g/mol. The van der Waals surface area contributed by atoms with Crippen LogP contribution in [0.25, 0.3) is 0 Å². The average molecular weight is 277 g/mol. The Morgan fingerprint density at radius 2 is 1.16 bits per heavy atom. The smallest absolute Gasteiger partial charge is 0.209 e. The molecule has 6 nitrogen and oxygen atoms in total. The molecule has 0 aromatic heterocycles. The highest BCUT2D eigenvalue weighted by atomic mass is 16.5. The second-order valence-corrected chi connectivity index (χ2v) is 3.76. The maximum absolute atomic E-state index is 10.8. The highest BCUT2D eigenvalue weighted by molar-refractivity contribution is 5.46. The Balaban J connectivity index is 3.32. The number of hydrogen-bond donors (Lipinski definition) is 0. The summed E-state index contributed by atoms with van der Waals surface area (Å²) in [5.41, 5.74) is 0. The van der Waals surface area contributed by atoms with Gasteiger partial charge in [-0.25, -0.2) is 0 Å². The van der Waals surface area contributed by atoms with Crippen molar-refractivity contribution in [1.82, 2.24) is 4.90 Å². The molecule has 0 bridgehead atoms. The van der Waals surface area contributed by atoms with Crippen molar-refractivity contribution in [3.63, 3.8) is 0 Å². The highest BCUT2D eigenvalue weighted by Gasteiger charge is 2.01. The van der Waals surface area contributed by atoms with Crippen LogP contribution in [0, 0.1) is 0 Å². The van der Waals surface area contributed by atoms with E-state index >= 15 is 0 Å². The fourth-order valence-corrected chi connectivity index (χ4v) is 1.31. The first-order valence-electron chi connectivity index (χ1n) is 6.85. The summed E-state index contributed by atoms with van der Waals surface area (Å²) in [6, 6.07) is 0. The van der Waals surface area contributed by atoms with Gasteiger partial charge in [0.05, 0.1) is 39.6 Å². The molecule has 0 rings (SSSR count). The number of hydrogen-bond acceptors (Lipinski definition) is 5. The minimum absolute atomic E-state index is 0.519. The third-order valence-corrected chi connectivity index (χ3v) is 2.35. The molecular formula is C13H27NO5. The SMILES string of the molecule is CCOCCOCCN(C=O)CCOCCOCC. The van der Waals surface area contributed by atoms with Crippen molar-refractivity contribution < 1.29 is 23.7 Å². The van der Waals surface area contributed by atoms with E-state index in [4.69, 9.17) is 18.9 Å². The van der Waals surface area contributed by atoms with E-state index in [9.17, 15) is 4.79 Å². The Labute approximate surface area is 115 Å². The van der Waals surface area contributed by atoms with E-state index in [0.29, 0.717) is 65.9 Å². The van der Waals surface area contributed by atoms with Crippen molar-refractivity contribution in [2.75, 3.05) is 65.9 Å². The van der Waals surface area contributed by atoms with Gasteiger partial charge in [-0.05, 0) is 13.8 Å². The molecule has 0 aliphatic heterocycles. The van der Waals surface area contributed by atoms with Gasteiger partial charge in [0.15, 0.2) is 0 Å². The predicted molar refractivity (Wildman–Crippen MR) is 72.3 cm³/mol. The summed E-state index contributed by atoms with van der Waals surface area (Å²) >= 11 is 0. The first-order valence-corrected chi connectivity index (χ1v) is 6.85. The largest absolute Gasteiger partial charge is 0.379 e. The van der Waals surface area contributed by atoms with E-state index in [2.05, 4.69) is 0 Å². The van der Waals surface area contributed by atoms with Gasteiger partial charge in [0.2, 0.25) is 6.41 Å². The summed E-state index contributed by atoms with van der Waals surface area (Å²) in [5, 5.41) is 0. The van der Waals surface area contributed by atoms with E-state index in [1.54, 1.807) is 4.90 Å². The molecule has 0 atom stereocenters. The molecule has 19 heavy (non-hydrogen) atoms. The van der Waals surface area contributed by atoms with Gasteiger partial charge in [-0.15, -0.1) is 0 Å². The first kappa shape index (κ1) is 18.3. The molecule has 6 heteroatoms. The van der Waals surface area contributed by atoms with Gasteiger partial charge < -0.3 is 23.8 Å². The Bertz CT molecular complexity index is 176. The summed E-state index contributed by atoms with van der Waals surface area (Å²) in [6.07, 6.45) is 0.817. The van der Waals surface area contributed by atoms with Gasteiger partial charge in [-0.1, -0.05) is 0 Å². The number of nitrogens with zero attached hydrogens (tertiary/aromatic N) is 1. The van der Waals surface area contributed by atoms with Crippen LogP contribution in [0.4, 0.5) is 0 Å². The summed E-state index contributed by atoms with van der Waals surface area (Å²) in [4.78, 5) is 12.4. The Kier molecular flexibility index (Phi) is 14.8. The summed E-state index contributed by atoms with van der Waals surface area (Å²) in [6.45, 7) is 9.78. The molecular weight excluding hydrogens is 250 g/mol. The van der Waals surface area contributed by atoms with Crippen LogP contribution in [0.15, 0.2) is 0 Å². The fraction of sp³-hybridized carbons (Fsp3) is 0.923. The van der Waals surface area contributed by atoms with Crippen LogP contribution in [-0.2, 0) is 23.7 Å². The van der Waals surface area contributed by atoms with Crippen molar-refractivity contribution in [3.8, 4) is 0 Å². The third kappa shape index (κ3) is 13.5. The molecule has 0 aliphatic carbocycles. The van der Waals surface area contributed by atoms with Crippen molar-refractivity contribution in [2.45, 2.75) is 13.8 Å². The van der Waals surface area contributed by atoms with Gasteiger partial charge in [-0.2, -0.15) is 0 Å². The van der Waals surface area contributed by atoms with E-state index < -0.39 is 0 Å². The lowest BCUT2D eigenvalue weighted by Gasteiger charge is -2.17. The van der Waals surface area contributed by atoms with Gasteiger partial charge in [-0.3, -0.25) is 4.79 Å². The molecule has 0 unspecified atom stereocenters. The van der Waals surface area contributed by atoms with Crippen molar-refractivity contribution >= 4 is 6.41 Å². The van der Waals surface area contributed by atoms with Crippen LogP contribution >= 0.6 is 0 Å². The molecule has 0 radical (unpaired) electrons. The zero-order valence-electron chi connectivity index (χ0n) is 12.1. The zero-order chi connectivity index (χ0) is 14.2. The van der Waals surface area contributed by atoms with Gasteiger partial charge in [0, 0.05) is 26.3 Å². The van der Waals surface area contributed by atoms with Crippen molar-refractivity contribution in [1.29, 1.82) is 0 Å². The molecule has 0 saturated heterocycles. The molecule has 0 N–H and O–H groups in total. The average Bonchev–Trinajstić information content (AvgIpc) is 2.44. The Hall–Kier alpha value is -0.690. The Morgan fingerprint density at radius 3 is 1.53 bits per heavy atom. The number of amides is 1. The van der Waals surface area contributed by atoms with Crippen LogP contribution in [-0.4, -0.2) is 77.3 Å². The first-order chi connectivity index (χ1) is 9.35. The van der Waals surface area contributed by atoms with Gasteiger partial charge in [0.25, 0.3) is 0 Å². The molecule has 0 fully saturated rings. The molecule has 0 saturated carbocycles. The van der Waals surface area contributed by atoms with E-state index in [1.165, 1.54) is 0 Å². The van der Waals surface area contributed by atoms with Crippen LogP contribution in [0.3, 0.4) is 0 Å². The second-order valence-electron chi connectivity index (χ2n) is 3.76. The Morgan fingerprint density at radius 1 is 0.737 bits per heavy atom. The molecule has 114 valence electrons. The minimum atomic E-state index is 0.519. The maximum Gasteiger partial charge on any atom is 0.209 e. The van der Waals surface area contributed by atoms with Crippen LogP contribution in [0.1, 0.15) is 13.8 Å².